The monoisotopic (exact) mass is 394 g/mol. The van der Waals surface area contributed by atoms with E-state index in [9.17, 15) is 28.5 Å². The third kappa shape index (κ3) is 5.00. The molecule has 0 fully saturated rings. The number of amides is 1. The number of methoxy groups -OCH3 is 1. The van der Waals surface area contributed by atoms with Gasteiger partial charge in [-0.3, -0.25) is 14.9 Å². The number of nitrogens with one attached hydrogen (secondary N) is 1. The van der Waals surface area contributed by atoms with Gasteiger partial charge in [0.05, 0.1) is 18.1 Å². The van der Waals surface area contributed by atoms with E-state index in [0.29, 0.717) is 6.07 Å². The van der Waals surface area contributed by atoms with Crippen molar-refractivity contribution < 1.29 is 32.8 Å². The zero-order valence-corrected chi connectivity index (χ0v) is 14.9. The minimum Gasteiger partial charge on any atom is -0.496 e. The van der Waals surface area contributed by atoms with Crippen LogP contribution in [0, 0.1) is 21.7 Å². The van der Waals surface area contributed by atoms with Gasteiger partial charge in [-0.1, -0.05) is 6.07 Å². The molecule has 1 amide bonds. The molecule has 0 bridgehead atoms. The number of ether oxygens (including phenoxy) is 2. The number of rotatable bonds is 7. The Morgan fingerprint density at radius 2 is 1.93 bits per heavy atom. The molecule has 0 aliphatic carbocycles. The van der Waals surface area contributed by atoms with Gasteiger partial charge in [0.15, 0.2) is 6.61 Å². The highest BCUT2D eigenvalue weighted by molar-refractivity contribution is 5.94. The van der Waals surface area contributed by atoms with Crippen LogP contribution in [-0.2, 0) is 9.53 Å². The van der Waals surface area contributed by atoms with Crippen molar-refractivity contribution in [2.24, 2.45) is 0 Å². The summed E-state index contributed by atoms with van der Waals surface area (Å²) < 4.78 is 36.5. The molecule has 148 valence electrons. The number of carbonyl (C=O) groups excluding carboxylic acids is 2. The molecule has 0 aliphatic heterocycles. The Morgan fingerprint density at radius 1 is 1.21 bits per heavy atom. The third-order valence-electron chi connectivity index (χ3n) is 3.75. The molecule has 0 aromatic heterocycles. The summed E-state index contributed by atoms with van der Waals surface area (Å²) in [5, 5.41) is 13.2. The molecule has 0 aliphatic rings. The summed E-state index contributed by atoms with van der Waals surface area (Å²) in [4.78, 5) is 34.2. The number of esters is 1. The van der Waals surface area contributed by atoms with Gasteiger partial charge in [0, 0.05) is 23.8 Å². The maximum absolute atomic E-state index is 13.7. The number of nitro benzene ring substituents is 1. The van der Waals surface area contributed by atoms with Crippen molar-refractivity contribution in [1.82, 2.24) is 5.32 Å². The second kappa shape index (κ2) is 8.89. The van der Waals surface area contributed by atoms with E-state index in [4.69, 9.17) is 9.47 Å². The average Bonchev–Trinajstić information content (AvgIpc) is 2.65. The van der Waals surface area contributed by atoms with Crippen LogP contribution in [0.3, 0.4) is 0 Å². The highest BCUT2D eigenvalue weighted by Gasteiger charge is 2.20. The number of halogens is 2. The van der Waals surface area contributed by atoms with E-state index in [1.54, 1.807) is 0 Å². The first-order valence-corrected chi connectivity index (χ1v) is 7.96. The number of nitro groups is 1. The Labute approximate surface area is 158 Å². The summed E-state index contributed by atoms with van der Waals surface area (Å²) in [7, 11) is 1.27. The maximum atomic E-state index is 13.7. The zero-order chi connectivity index (χ0) is 20.8. The zero-order valence-electron chi connectivity index (χ0n) is 14.9. The largest absolute Gasteiger partial charge is 0.496 e. The number of nitrogens with zero attached hydrogens (tertiary/aromatic N) is 1. The van der Waals surface area contributed by atoms with Gasteiger partial charge >= 0.3 is 5.97 Å². The van der Waals surface area contributed by atoms with Gasteiger partial charge in [-0.05, 0) is 19.1 Å². The Kier molecular flexibility index (Phi) is 6.59. The van der Waals surface area contributed by atoms with E-state index in [1.807, 2.05) is 0 Å². The van der Waals surface area contributed by atoms with Crippen LogP contribution >= 0.6 is 0 Å². The van der Waals surface area contributed by atoms with Crippen molar-refractivity contribution in [3.63, 3.8) is 0 Å². The van der Waals surface area contributed by atoms with Gasteiger partial charge < -0.3 is 14.8 Å². The van der Waals surface area contributed by atoms with Crippen LogP contribution in [0.1, 0.15) is 28.9 Å². The molecule has 0 saturated carbocycles. The van der Waals surface area contributed by atoms with Crippen LogP contribution in [0.15, 0.2) is 36.4 Å². The number of hydrogen-bond acceptors (Lipinski definition) is 6. The van der Waals surface area contributed by atoms with Gasteiger partial charge in [-0.15, -0.1) is 0 Å². The molecule has 0 spiro atoms. The molecule has 1 atom stereocenters. The molecule has 28 heavy (non-hydrogen) atoms. The normalized spacial score (nSPS) is 11.4. The van der Waals surface area contributed by atoms with Crippen molar-refractivity contribution >= 4 is 17.6 Å². The minimum atomic E-state index is -1.00. The lowest BCUT2D eigenvalue weighted by atomic mass is 10.1. The Hall–Kier alpha value is -3.56. The summed E-state index contributed by atoms with van der Waals surface area (Å²) >= 11 is 0. The first-order chi connectivity index (χ1) is 13.2. The third-order valence-corrected chi connectivity index (χ3v) is 3.75. The fraction of sp³-hybridized carbons (Fsp3) is 0.222. The number of hydrogen-bond donors (Lipinski definition) is 1. The molecule has 1 N–H and O–H groups in total. The van der Waals surface area contributed by atoms with Crippen molar-refractivity contribution in [2.45, 2.75) is 13.0 Å². The van der Waals surface area contributed by atoms with Crippen molar-refractivity contribution in [1.29, 1.82) is 0 Å². The van der Waals surface area contributed by atoms with Gasteiger partial charge in [-0.2, -0.15) is 0 Å². The summed E-state index contributed by atoms with van der Waals surface area (Å²) in [6.07, 6.45) is 0. The van der Waals surface area contributed by atoms with Crippen molar-refractivity contribution in [2.75, 3.05) is 13.7 Å². The van der Waals surface area contributed by atoms with E-state index in [2.05, 4.69) is 5.32 Å². The molecule has 0 saturated heterocycles. The molecule has 10 heteroatoms. The molecule has 0 heterocycles. The highest BCUT2D eigenvalue weighted by Crippen LogP contribution is 2.24. The molecule has 2 aromatic carbocycles. The first kappa shape index (κ1) is 20.7. The lowest BCUT2D eigenvalue weighted by Gasteiger charge is -2.15. The standard InChI is InChI=1S/C18H16F2N2O6/c1-10(13-5-3-11(19)7-15(13)20)21-17(23)9-28-18(24)14-8-12(22(25)26)4-6-16(14)27-2/h3-8,10H,9H2,1-2H3,(H,21,23)/t10-/m0/s1. The van der Waals surface area contributed by atoms with Gasteiger partial charge in [0.2, 0.25) is 0 Å². The van der Waals surface area contributed by atoms with Crippen LogP contribution < -0.4 is 10.1 Å². The predicted molar refractivity (Wildman–Crippen MR) is 92.8 cm³/mol. The minimum absolute atomic E-state index is 0.0396. The summed E-state index contributed by atoms with van der Waals surface area (Å²) in [6, 6.07) is 5.47. The van der Waals surface area contributed by atoms with Crippen LogP contribution in [0.25, 0.3) is 0 Å². The van der Waals surface area contributed by atoms with Gasteiger partial charge in [0.1, 0.15) is 22.9 Å². The van der Waals surface area contributed by atoms with Crippen LogP contribution in [0.2, 0.25) is 0 Å². The Balaban J connectivity index is 2.01. The van der Waals surface area contributed by atoms with Crippen LogP contribution in [0.5, 0.6) is 5.75 Å². The molecular weight excluding hydrogens is 378 g/mol. The Morgan fingerprint density at radius 3 is 2.54 bits per heavy atom. The van der Waals surface area contributed by atoms with Crippen molar-refractivity contribution in [3.05, 3.63) is 69.3 Å². The highest BCUT2D eigenvalue weighted by atomic mass is 19.1. The van der Waals surface area contributed by atoms with Crippen molar-refractivity contribution in [3.8, 4) is 5.75 Å². The topological polar surface area (TPSA) is 108 Å². The molecule has 2 aromatic rings. The first-order valence-electron chi connectivity index (χ1n) is 7.96. The van der Waals surface area contributed by atoms with Crippen LogP contribution in [-0.4, -0.2) is 30.5 Å². The Bertz CT molecular complexity index is 919. The fourth-order valence-corrected chi connectivity index (χ4v) is 2.39. The predicted octanol–water partition coefficient (Wildman–Crippen LogP) is 2.92. The molecule has 0 unspecified atom stereocenters. The number of carbonyl (C=O) groups is 2. The second-order valence-corrected chi connectivity index (χ2v) is 5.67. The summed E-state index contributed by atoms with van der Waals surface area (Å²) in [5.41, 5.74) is -0.513. The number of benzene rings is 2. The molecule has 0 radical (unpaired) electrons. The van der Waals surface area contributed by atoms with E-state index in [-0.39, 0.29) is 22.6 Å². The SMILES string of the molecule is COc1ccc([N+](=O)[O-])cc1C(=O)OCC(=O)N[C@@H](C)c1ccc(F)cc1F. The number of non-ortho nitro benzene ring substituents is 1. The summed E-state index contributed by atoms with van der Waals surface area (Å²) in [6.45, 7) is 0.761. The molecule has 8 nitrogen and oxygen atoms in total. The van der Waals surface area contributed by atoms with E-state index in [1.165, 1.54) is 26.2 Å². The summed E-state index contributed by atoms with van der Waals surface area (Å²) in [5.74, 6) is -3.28. The maximum Gasteiger partial charge on any atom is 0.342 e. The van der Waals surface area contributed by atoms with E-state index >= 15 is 0 Å². The second-order valence-electron chi connectivity index (χ2n) is 5.67. The lowest BCUT2D eigenvalue weighted by Crippen LogP contribution is -2.31. The van der Waals surface area contributed by atoms with E-state index in [0.717, 1.165) is 18.2 Å². The smallest absolute Gasteiger partial charge is 0.342 e. The average molecular weight is 394 g/mol. The molecule has 2 rings (SSSR count). The van der Waals surface area contributed by atoms with E-state index < -0.39 is 41.1 Å². The fourth-order valence-electron chi connectivity index (χ4n) is 2.39. The van der Waals surface area contributed by atoms with Gasteiger partial charge in [0.25, 0.3) is 11.6 Å². The quantitative estimate of drug-likeness (QED) is 0.440. The lowest BCUT2D eigenvalue weighted by molar-refractivity contribution is -0.384. The van der Waals surface area contributed by atoms with Crippen LogP contribution in [0.4, 0.5) is 14.5 Å². The molecular formula is C18H16F2N2O6. The van der Waals surface area contributed by atoms with Gasteiger partial charge in [-0.25, -0.2) is 13.6 Å².